The van der Waals surface area contributed by atoms with E-state index in [-0.39, 0.29) is 18.2 Å². The average molecular weight is 414 g/mol. The third kappa shape index (κ3) is 5.15. The van der Waals surface area contributed by atoms with Gasteiger partial charge in [-0.3, -0.25) is 14.5 Å². The van der Waals surface area contributed by atoms with Crippen molar-refractivity contribution in [3.63, 3.8) is 0 Å². The summed E-state index contributed by atoms with van der Waals surface area (Å²) in [6, 6.07) is 15.0. The topological polar surface area (TPSA) is 78.5 Å². The molecule has 152 valence electrons. The number of hydrogen-bond acceptors (Lipinski definition) is 3. The largest absolute Gasteiger partial charge is 0.354 e. The molecular formula is C22H24ClN3O3. The Labute approximate surface area is 175 Å². The molecule has 3 rings (SSSR count). The van der Waals surface area contributed by atoms with Crippen LogP contribution in [0.15, 0.2) is 54.6 Å². The quantitative estimate of drug-likeness (QED) is 0.729. The van der Waals surface area contributed by atoms with Crippen molar-refractivity contribution in [2.75, 3.05) is 6.54 Å². The molecule has 29 heavy (non-hydrogen) atoms. The number of nitrogens with zero attached hydrogens (tertiary/aromatic N) is 1. The van der Waals surface area contributed by atoms with E-state index in [0.717, 1.165) is 16.0 Å². The highest BCUT2D eigenvalue weighted by Crippen LogP contribution is 2.25. The Morgan fingerprint density at radius 1 is 1.17 bits per heavy atom. The first kappa shape index (κ1) is 20.9. The van der Waals surface area contributed by atoms with Gasteiger partial charge in [-0.1, -0.05) is 61.0 Å². The molecule has 1 saturated heterocycles. The molecule has 4 amide bonds. The first-order chi connectivity index (χ1) is 14.0. The summed E-state index contributed by atoms with van der Waals surface area (Å²) in [7, 11) is 0. The van der Waals surface area contributed by atoms with Crippen LogP contribution < -0.4 is 10.6 Å². The van der Waals surface area contributed by atoms with Crippen molar-refractivity contribution < 1.29 is 14.4 Å². The highest BCUT2D eigenvalue weighted by atomic mass is 35.5. The van der Waals surface area contributed by atoms with Gasteiger partial charge in [-0.2, -0.15) is 0 Å². The van der Waals surface area contributed by atoms with E-state index in [0.29, 0.717) is 24.4 Å². The minimum atomic E-state index is -0.829. The van der Waals surface area contributed by atoms with Gasteiger partial charge in [0.1, 0.15) is 6.04 Å². The fraction of sp³-hybridized carbons (Fsp3) is 0.318. The molecule has 1 aliphatic rings. The molecular weight excluding hydrogens is 390 g/mol. The van der Waals surface area contributed by atoms with Crippen molar-refractivity contribution in [2.45, 2.75) is 38.3 Å². The smallest absolute Gasteiger partial charge is 0.325 e. The van der Waals surface area contributed by atoms with E-state index in [9.17, 15) is 14.4 Å². The van der Waals surface area contributed by atoms with Crippen LogP contribution >= 0.6 is 11.6 Å². The first-order valence-corrected chi connectivity index (χ1v) is 10.1. The molecule has 0 bridgehead atoms. The maximum atomic E-state index is 12.7. The summed E-state index contributed by atoms with van der Waals surface area (Å²) in [5, 5.41) is 6.25. The van der Waals surface area contributed by atoms with Crippen molar-refractivity contribution >= 4 is 29.4 Å². The van der Waals surface area contributed by atoms with E-state index in [2.05, 4.69) is 10.6 Å². The van der Waals surface area contributed by atoms with Crippen LogP contribution in [0.2, 0.25) is 5.02 Å². The lowest BCUT2D eigenvalue weighted by Crippen LogP contribution is -2.59. The van der Waals surface area contributed by atoms with Crippen LogP contribution in [-0.2, 0) is 16.0 Å². The minimum absolute atomic E-state index is 0.0984. The fourth-order valence-electron chi connectivity index (χ4n) is 3.45. The molecule has 6 nitrogen and oxygen atoms in total. The molecule has 1 heterocycles. The number of nitrogens with one attached hydrogen (secondary N) is 2. The van der Waals surface area contributed by atoms with Gasteiger partial charge in [0.2, 0.25) is 11.8 Å². The predicted molar refractivity (Wildman–Crippen MR) is 111 cm³/mol. The van der Waals surface area contributed by atoms with Crippen LogP contribution in [0, 0.1) is 0 Å². The van der Waals surface area contributed by atoms with Crippen molar-refractivity contribution in [2.24, 2.45) is 0 Å². The molecule has 0 saturated carbocycles. The summed E-state index contributed by atoms with van der Waals surface area (Å²) in [6.45, 7) is 2.23. The Hall–Kier alpha value is -2.86. The van der Waals surface area contributed by atoms with Gasteiger partial charge in [0.05, 0.1) is 12.5 Å². The second-order valence-electron chi connectivity index (χ2n) is 6.97. The van der Waals surface area contributed by atoms with E-state index >= 15 is 0 Å². The number of amides is 4. The summed E-state index contributed by atoms with van der Waals surface area (Å²) in [4.78, 5) is 39.0. The van der Waals surface area contributed by atoms with E-state index in [1.807, 2.05) is 30.3 Å². The highest BCUT2D eigenvalue weighted by molar-refractivity contribution is 6.30. The van der Waals surface area contributed by atoms with Crippen LogP contribution in [0.5, 0.6) is 0 Å². The molecule has 0 aliphatic carbocycles. The third-order valence-corrected chi connectivity index (χ3v) is 5.25. The number of benzene rings is 2. The van der Waals surface area contributed by atoms with Gasteiger partial charge in [0.15, 0.2) is 0 Å². The summed E-state index contributed by atoms with van der Waals surface area (Å²) < 4.78 is 0. The van der Waals surface area contributed by atoms with Gasteiger partial charge >= 0.3 is 6.03 Å². The standard InChI is InChI=1S/C22H24ClN3O3/c1-2-19(21(28)24-13-12-15-6-4-3-5-7-15)26-20(27)14-18(25-22(26)29)16-8-10-17(23)11-9-16/h3-11,18-19H,2,12-14H2,1H3,(H,24,28)(H,25,29). The molecule has 2 N–H and O–H groups in total. The molecule has 0 spiro atoms. The molecule has 7 heteroatoms. The Morgan fingerprint density at radius 2 is 1.86 bits per heavy atom. The van der Waals surface area contributed by atoms with Crippen molar-refractivity contribution in [3.8, 4) is 0 Å². The number of urea groups is 1. The van der Waals surface area contributed by atoms with Gasteiger partial charge in [0, 0.05) is 11.6 Å². The summed E-state index contributed by atoms with van der Waals surface area (Å²) in [5.74, 6) is -0.685. The summed E-state index contributed by atoms with van der Waals surface area (Å²) in [5.41, 5.74) is 1.91. The molecule has 2 aromatic carbocycles. The zero-order valence-electron chi connectivity index (χ0n) is 16.2. The maximum absolute atomic E-state index is 12.7. The van der Waals surface area contributed by atoms with Gasteiger partial charge in [-0.25, -0.2) is 4.79 Å². The zero-order valence-corrected chi connectivity index (χ0v) is 17.0. The zero-order chi connectivity index (χ0) is 20.8. The SMILES string of the molecule is CCC(C(=O)NCCc1ccccc1)N1C(=O)CC(c2ccc(Cl)cc2)NC1=O. The second kappa shape index (κ2) is 9.56. The Balaban J connectivity index is 1.61. The normalized spacial score (nSPS) is 17.6. The van der Waals surface area contributed by atoms with Crippen molar-refractivity contribution in [3.05, 3.63) is 70.7 Å². The number of carbonyl (C=O) groups is 3. The molecule has 1 aliphatic heterocycles. The minimum Gasteiger partial charge on any atom is -0.354 e. The summed E-state index contributed by atoms with van der Waals surface area (Å²) >= 11 is 5.90. The van der Waals surface area contributed by atoms with Crippen molar-refractivity contribution in [1.82, 2.24) is 15.5 Å². The Kier molecular flexibility index (Phi) is 6.88. The summed E-state index contributed by atoms with van der Waals surface area (Å²) in [6.07, 6.45) is 1.13. The number of imide groups is 1. The molecule has 2 atom stereocenters. The van der Waals surface area contributed by atoms with Crippen LogP contribution in [0.1, 0.15) is 36.9 Å². The molecule has 2 aromatic rings. The lowest BCUT2D eigenvalue weighted by Gasteiger charge is -2.35. The van der Waals surface area contributed by atoms with Crippen LogP contribution in [0.25, 0.3) is 0 Å². The van der Waals surface area contributed by atoms with Gasteiger partial charge in [0.25, 0.3) is 0 Å². The molecule has 1 fully saturated rings. The molecule has 0 aromatic heterocycles. The maximum Gasteiger partial charge on any atom is 0.325 e. The van der Waals surface area contributed by atoms with E-state index in [1.165, 1.54) is 0 Å². The second-order valence-corrected chi connectivity index (χ2v) is 7.41. The highest BCUT2D eigenvalue weighted by Gasteiger charge is 2.39. The predicted octanol–water partition coefficient (Wildman–Crippen LogP) is 3.46. The van der Waals surface area contributed by atoms with E-state index in [1.54, 1.807) is 31.2 Å². The molecule has 0 radical (unpaired) electrons. The first-order valence-electron chi connectivity index (χ1n) is 9.69. The average Bonchev–Trinajstić information content (AvgIpc) is 2.71. The Bertz CT molecular complexity index is 853. The van der Waals surface area contributed by atoms with E-state index < -0.39 is 18.1 Å². The van der Waals surface area contributed by atoms with Crippen LogP contribution in [0.4, 0.5) is 4.79 Å². The van der Waals surface area contributed by atoms with Gasteiger partial charge in [-0.15, -0.1) is 0 Å². The lowest BCUT2D eigenvalue weighted by molar-refractivity contribution is -0.139. The number of rotatable bonds is 7. The van der Waals surface area contributed by atoms with Gasteiger partial charge in [-0.05, 0) is 36.1 Å². The number of carbonyl (C=O) groups excluding carboxylic acids is 3. The number of halogens is 1. The number of hydrogen-bond donors (Lipinski definition) is 2. The monoisotopic (exact) mass is 413 g/mol. The lowest BCUT2D eigenvalue weighted by atomic mass is 10.00. The molecule has 2 unspecified atom stereocenters. The fourth-order valence-corrected chi connectivity index (χ4v) is 3.57. The van der Waals surface area contributed by atoms with Crippen molar-refractivity contribution in [1.29, 1.82) is 0 Å². The van der Waals surface area contributed by atoms with Crippen LogP contribution in [0.3, 0.4) is 0 Å². The van der Waals surface area contributed by atoms with Crippen LogP contribution in [-0.4, -0.2) is 35.3 Å². The van der Waals surface area contributed by atoms with Gasteiger partial charge < -0.3 is 10.6 Å². The van der Waals surface area contributed by atoms with E-state index in [4.69, 9.17) is 11.6 Å². The Morgan fingerprint density at radius 3 is 2.48 bits per heavy atom. The third-order valence-electron chi connectivity index (χ3n) is 4.99.